The van der Waals surface area contributed by atoms with Crippen LogP contribution in [0.1, 0.15) is 5.56 Å². The maximum atomic E-state index is 13.6. The summed E-state index contributed by atoms with van der Waals surface area (Å²) in [5.74, 6) is 0.525. The van der Waals surface area contributed by atoms with E-state index in [-0.39, 0.29) is 19.1 Å². The molecule has 0 fully saturated rings. The van der Waals surface area contributed by atoms with Gasteiger partial charge in [0, 0.05) is 16.2 Å². The molecule has 1 N–H and O–H groups in total. The number of rotatable bonds is 3. The first-order valence-electron chi connectivity index (χ1n) is 6.25. The quantitative estimate of drug-likeness (QED) is 0.920. The summed E-state index contributed by atoms with van der Waals surface area (Å²) in [7, 11) is 0. The van der Waals surface area contributed by atoms with Gasteiger partial charge < -0.3 is 14.8 Å². The fraction of sp³-hybridized carbons (Fsp3) is 0.133. The molecule has 1 aliphatic rings. The number of amides is 1. The van der Waals surface area contributed by atoms with Gasteiger partial charge in [0.05, 0.1) is 6.42 Å². The minimum atomic E-state index is -0.404. The molecule has 4 nitrogen and oxygen atoms in total. The van der Waals surface area contributed by atoms with Crippen LogP contribution in [-0.2, 0) is 11.2 Å². The van der Waals surface area contributed by atoms with Gasteiger partial charge in [0.15, 0.2) is 11.5 Å². The van der Waals surface area contributed by atoms with Gasteiger partial charge in [-0.05, 0) is 35.9 Å². The predicted molar refractivity (Wildman–Crippen MR) is 79.0 cm³/mol. The summed E-state index contributed by atoms with van der Waals surface area (Å²) >= 11 is 3.26. The zero-order valence-electron chi connectivity index (χ0n) is 10.9. The number of hydrogen-bond acceptors (Lipinski definition) is 3. The van der Waals surface area contributed by atoms with E-state index in [1.165, 1.54) is 6.07 Å². The Kier molecular flexibility index (Phi) is 3.79. The Labute approximate surface area is 129 Å². The molecule has 1 amide bonds. The first kappa shape index (κ1) is 13.9. The van der Waals surface area contributed by atoms with Gasteiger partial charge in [-0.15, -0.1) is 0 Å². The van der Waals surface area contributed by atoms with Crippen molar-refractivity contribution in [2.75, 3.05) is 12.1 Å². The lowest BCUT2D eigenvalue weighted by atomic mass is 10.1. The van der Waals surface area contributed by atoms with Crippen molar-refractivity contribution in [2.45, 2.75) is 6.42 Å². The number of ether oxygens (including phenoxy) is 2. The zero-order valence-corrected chi connectivity index (χ0v) is 12.4. The highest BCUT2D eigenvalue weighted by molar-refractivity contribution is 9.10. The molecule has 3 rings (SSSR count). The predicted octanol–water partition coefficient (Wildman–Crippen LogP) is 3.50. The third-order valence-electron chi connectivity index (χ3n) is 3.02. The molecule has 2 aromatic carbocycles. The average Bonchev–Trinajstić information content (AvgIpc) is 2.90. The van der Waals surface area contributed by atoms with Crippen molar-refractivity contribution < 1.29 is 18.7 Å². The van der Waals surface area contributed by atoms with E-state index in [4.69, 9.17) is 9.47 Å². The van der Waals surface area contributed by atoms with E-state index in [0.29, 0.717) is 22.7 Å². The second-order valence-electron chi connectivity index (χ2n) is 4.53. The van der Waals surface area contributed by atoms with Gasteiger partial charge in [-0.1, -0.05) is 15.9 Å². The van der Waals surface area contributed by atoms with Crippen molar-refractivity contribution in [1.29, 1.82) is 0 Å². The van der Waals surface area contributed by atoms with Crippen LogP contribution in [-0.4, -0.2) is 12.7 Å². The van der Waals surface area contributed by atoms with Gasteiger partial charge in [0.1, 0.15) is 5.82 Å². The second-order valence-corrected chi connectivity index (χ2v) is 5.44. The van der Waals surface area contributed by atoms with Crippen LogP contribution in [0.15, 0.2) is 40.9 Å². The fourth-order valence-electron chi connectivity index (χ4n) is 2.03. The van der Waals surface area contributed by atoms with Crippen LogP contribution in [0, 0.1) is 5.82 Å². The Morgan fingerprint density at radius 3 is 2.86 bits per heavy atom. The molecule has 0 aliphatic carbocycles. The number of hydrogen-bond donors (Lipinski definition) is 1. The molecule has 6 heteroatoms. The molecule has 2 aromatic rings. The van der Waals surface area contributed by atoms with E-state index < -0.39 is 5.82 Å². The first-order valence-corrected chi connectivity index (χ1v) is 7.04. The first-order chi connectivity index (χ1) is 10.1. The Balaban J connectivity index is 1.70. The molecule has 1 aliphatic heterocycles. The molecule has 21 heavy (non-hydrogen) atoms. The average molecular weight is 352 g/mol. The molecule has 0 radical (unpaired) electrons. The molecule has 0 atom stereocenters. The Morgan fingerprint density at radius 1 is 1.19 bits per heavy atom. The Bertz CT molecular complexity index is 705. The molecule has 0 bridgehead atoms. The summed E-state index contributed by atoms with van der Waals surface area (Å²) in [6.07, 6.45) is -0.0419. The Hall–Kier alpha value is -2.08. The summed E-state index contributed by atoms with van der Waals surface area (Å²) in [6.45, 7) is 0.177. The van der Waals surface area contributed by atoms with Crippen molar-refractivity contribution in [3.63, 3.8) is 0 Å². The highest BCUT2D eigenvalue weighted by atomic mass is 79.9. The summed E-state index contributed by atoms with van der Waals surface area (Å²) in [6, 6.07) is 9.62. The maximum Gasteiger partial charge on any atom is 0.231 e. The number of nitrogens with one attached hydrogen (secondary N) is 1. The van der Waals surface area contributed by atoms with Gasteiger partial charge in [-0.2, -0.15) is 0 Å². The van der Waals surface area contributed by atoms with Crippen molar-refractivity contribution in [2.24, 2.45) is 0 Å². The van der Waals surface area contributed by atoms with Crippen LogP contribution < -0.4 is 14.8 Å². The van der Waals surface area contributed by atoms with Crippen LogP contribution in [0.2, 0.25) is 0 Å². The van der Waals surface area contributed by atoms with E-state index in [1.54, 1.807) is 30.3 Å². The summed E-state index contributed by atoms with van der Waals surface area (Å²) in [5.41, 5.74) is 0.919. The van der Waals surface area contributed by atoms with Crippen LogP contribution in [0.4, 0.5) is 10.1 Å². The lowest BCUT2D eigenvalue weighted by Crippen LogP contribution is -2.15. The van der Waals surface area contributed by atoms with E-state index in [2.05, 4.69) is 21.2 Å². The van der Waals surface area contributed by atoms with Gasteiger partial charge in [-0.3, -0.25) is 4.79 Å². The number of carbonyl (C=O) groups is 1. The standard InChI is InChI=1S/C15H11BrFNO3/c16-10-1-3-12(17)9(5-10)6-15(19)18-11-2-4-13-14(7-11)21-8-20-13/h1-5,7H,6,8H2,(H,18,19). The normalized spacial score (nSPS) is 12.3. The SMILES string of the molecule is O=C(Cc1cc(Br)ccc1F)Nc1ccc2c(c1)OCO2. The number of halogens is 2. The summed E-state index contributed by atoms with van der Waals surface area (Å²) in [5, 5.41) is 2.71. The highest BCUT2D eigenvalue weighted by Gasteiger charge is 2.15. The van der Waals surface area contributed by atoms with Crippen molar-refractivity contribution in [1.82, 2.24) is 0 Å². The van der Waals surface area contributed by atoms with Crippen molar-refractivity contribution in [3.05, 3.63) is 52.3 Å². The third-order valence-corrected chi connectivity index (χ3v) is 3.51. The van der Waals surface area contributed by atoms with Gasteiger partial charge >= 0.3 is 0 Å². The number of fused-ring (bicyclic) bond motifs is 1. The molecular formula is C15H11BrFNO3. The maximum absolute atomic E-state index is 13.6. The van der Waals surface area contributed by atoms with E-state index in [0.717, 1.165) is 4.47 Å². The molecule has 0 unspecified atom stereocenters. The topological polar surface area (TPSA) is 47.6 Å². The monoisotopic (exact) mass is 351 g/mol. The molecule has 0 saturated carbocycles. The van der Waals surface area contributed by atoms with E-state index in [1.807, 2.05) is 0 Å². The minimum absolute atomic E-state index is 0.0419. The minimum Gasteiger partial charge on any atom is -0.454 e. The molecule has 1 heterocycles. The van der Waals surface area contributed by atoms with Crippen molar-refractivity contribution >= 4 is 27.5 Å². The number of benzene rings is 2. The van der Waals surface area contributed by atoms with Crippen LogP contribution in [0.3, 0.4) is 0 Å². The molecule has 0 spiro atoms. The molecule has 0 saturated heterocycles. The van der Waals surface area contributed by atoms with Crippen LogP contribution >= 0.6 is 15.9 Å². The van der Waals surface area contributed by atoms with Crippen LogP contribution in [0.5, 0.6) is 11.5 Å². The van der Waals surface area contributed by atoms with E-state index in [9.17, 15) is 9.18 Å². The molecule has 0 aromatic heterocycles. The highest BCUT2D eigenvalue weighted by Crippen LogP contribution is 2.34. The Morgan fingerprint density at radius 2 is 2.00 bits per heavy atom. The fourth-order valence-corrected chi connectivity index (χ4v) is 2.44. The van der Waals surface area contributed by atoms with Gasteiger partial charge in [0.25, 0.3) is 0 Å². The van der Waals surface area contributed by atoms with Gasteiger partial charge in [-0.25, -0.2) is 4.39 Å². The van der Waals surface area contributed by atoms with Crippen LogP contribution in [0.25, 0.3) is 0 Å². The zero-order chi connectivity index (χ0) is 14.8. The van der Waals surface area contributed by atoms with Crippen molar-refractivity contribution in [3.8, 4) is 11.5 Å². The largest absolute Gasteiger partial charge is 0.454 e. The molecule has 108 valence electrons. The number of carbonyl (C=O) groups excluding carboxylic acids is 1. The third kappa shape index (κ3) is 3.16. The van der Waals surface area contributed by atoms with E-state index >= 15 is 0 Å². The lowest BCUT2D eigenvalue weighted by molar-refractivity contribution is -0.115. The smallest absolute Gasteiger partial charge is 0.231 e. The lowest BCUT2D eigenvalue weighted by Gasteiger charge is -2.07. The molecular weight excluding hydrogens is 341 g/mol. The van der Waals surface area contributed by atoms with Gasteiger partial charge in [0.2, 0.25) is 12.7 Å². The second kappa shape index (κ2) is 5.73. The summed E-state index contributed by atoms with van der Waals surface area (Å²) in [4.78, 5) is 12.0. The number of anilines is 1. The summed E-state index contributed by atoms with van der Waals surface area (Å²) < 4.78 is 24.8.